The van der Waals surface area contributed by atoms with Gasteiger partial charge in [-0.1, -0.05) is 18.6 Å². The molecule has 0 bridgehead atoms. The number of alkyl halides is 5. The van der Waals surface area contributed by atoms with Gasteiger partial charge in [0.25, 0.3) is 0 Å². The van der Waals surface area contributed by atoms with Gasteiger partial charge in [-0.05, 0) is 43.4 Å². The van der Waals surface area contributed by atoms with Crippen molar-refractivity contribution in [3.63, 3.8) is 0 Å². The largest absolute Gasteiger partial charge is 0.435 e. The number of hydrogen-bond acceptors (Lipinski definition) is 2. The van der Waals surface area contributed by atoms with E-state index >= 15 is 0 Å². The Bertz CT molecular complexity index is 578. The molecule has 1 aromatic rings. The fourth-order valence-electron chi connectivity index (χ4n) is 3.01. The number of urea groups is 1. The second-order valence-electron chi connectivity index (χ2n) is 6.27. The Hall–Kier alpha value is -2.06. The Morgan fingerprint density at radius 3 is 2.50 bits per heavy atom. The third-order valence-electron chi connectivity index (χ3n) is 4.32. The maximum atomic E-state index is 12.8. The van der Waals surface area contributed by atoms with Crippen LogP contribution in [0.4, 0.5) is 26.7 Å². The van der Waals surface area contributed by atoms with Crippen LogP contribution in [0.5, 0.6) is 5.75 Å². The minimum absolute atomic E-state index is 0.0472. The molecule has 0 spiro atoms. The normalized spacial score (nSPS) is 20.7. The van der Waals surface area contributed by atoms with E-state index in [4.69, 9.17) is 0 Å². The van der Waals surface area contributed by atoms with Crippen LogP contribution in [0.1, 0.15) is 31.2 Å². The fraction of sp³-hybridized carbons (Fsp3) is 0.588. The lowest BCUT2D eigenvalue weighted by atomic mass is 9.85. The van der Waals surface area contributed by atoms with Crippen molar-refractivity contribution in [2.45, 2.75) is 50.9 Å². The van der Waals surface area contributed by atoms with Gasteiger partial charge in [0.1, 0.15) is 5.75 Å². The molecule has 1 fully saturated rings. The van der Waals surface area contributed by atoms with E-state index in [1.807, 2.05) is 0 Å². The van der Waals surface area contributed by atoms with Gasteiger partial charge in [0.05, 0.1) is 5.92 Å². The molecule has 2 amide bonds. The molecule has 0 aliphatic heterocycles. The highest BCUT2D eigenvalue weighted by Gasteiger charge is 2.42. The minimum atomic E-state index is -4.23. The van der Waals surface area contributed by atoms with Crippen molar-refractivity contribution in [3.05, 3.63) is 29.8 Å². The Kier molecular flexibility index (Phi) is 7.05. The van der Waals surface area contributed by atoms with Crippen molar-refractivity contribution in [1.29, 1.82) is 0 Å². The van der Waals surface area contributed by atoms with E-state index in [9.17, 15) is 26.7 Å². The van der Waals surface area contributed by atoms with Crippen LogP contribution in [-0.2, 0) is 6.42 Å². The molecule has 2 rings (SSSR count). The summed E-state index contributed by atoms with van der Waals surface area (Å²) in [6.07, 6.45) is -2.79. The molecule has 1 aliphatic rings. The first kappa shape index (κ1) is 20.3. The number of carbonyl (C=O) groups is 1. The zero-order chi connectivity index (χ0) is 19.2. The predicted molar refractivity (Wildman–Crippen MR) is 85.1 cm³/mol. The van der Waals surface area contributed by atoms with E-state index in [2.05, 4.69) is 15.4 Å². The molecule has 1 aliphatic carbocycles. The molecule has 9 heteroatoms. The molecule has 2 unspecified atom stereocenters. The van der Waals surface area contributed by atoms with Gasteiger partial charge in [-0.25, -0.2) is 4.79 Å². The lowest BCUT2D eigenvalue weighted by molar-refractivity contribution is -0.183. The van der Waals surface area contributed by atoms with Crippen LogP contribution in [-0.4, -0.2) is 31.4 Å². The summed E-state index contributed by atoms with van der Waals surface area (Å²) < 4.78 is 66.6. The maximum Gasteiger partial charge on any atom is 0.391 e. The fourth-order valence-corrected chi connectivity index (χ4v) is 3.01. The number of benzene rings is 1. The van der Waals surface area contributed by atoms with Gasteiger partial charge >= 0.3 is 18.8 Å². The summed E-state index contributed by atoms with van der Waals surface area (Å²) >= 11 is 0. The van der Waals surface area contributed by atoms with Crippen LogP contribution >= 0.6 is 0 Å². The van der Waals surface area contributed by atoms with E-state index in [0.717, 1.165) is 5.56 Å². The second kappa shape index (κ2) is 9.05. The average molecular weight is 380 g/mol. The summed E-state index contributed by atoms with van der Waals surface area (Å²) in [7, 11) is 0. The monoisotopic (exact) mass is 380 g/mol. The van der Waals surface area contributed by atoms with Crippen LogP contribution in [0.2, 0.25) is 0 Å². The highest BCUT2D eigenvalue weighted by atomic mass is 19.4. The molecule has 1 saturated carbocycles. The van der Waals surface area contributed by atoms with Gasteiger partial charge in [-0.15, -0.1) is 0 Å². The quantitative estimate of drug-likeness (QED) is 0.725. The molecular formula is C17H21F5N2O2. The Morgan fingerprint density at radius 1 is 1.19 bits per heavy atom. The van der Waals surface area contributed by atoms with Gasteiger partial charge in [0.15, 0.2) is 0 Å². The first-order valence-corrected chi connectivity index (χ1v) is 8.39. The summed E-state index contributed by atoms with van der Waals surface area (Å²) in [6.45, 7) is -2.61. The zero-order valence-electron chi connectivity index (χ0n) is 14.0. The summed E-state index contributed by atoms with van der Waals surface area (Å²) in [5.74, 6) is -1.32. The van der Waals surface area contributed by atoms with Crippen LogP contribution in [0.3, 0.4) is 0 Å². The summed E-state index contributed by atoms with van der Waals surface area (Å²) in [6, 6.07) is 5.03. The van der Waals surface area contributed by atoms with Crippen molar-refractivity contribution in [2.75, 3.05) is 6.54 Å². The van der Waals surface area contributed by atoms with Crippen molar-refractivity contribution in [2.24, 2.45) is 5.92 Å². The van der Waals surface area contributed by atoms with Gasteiger partial charge in [0.2, 0.25) is 0 Å². The van der Waals surface area contributed by atoms with Crippen LogP contribution in [0.25, 0.3) is 0 Å². The Morgan fingerprint density at radius 2 is 1.88 bits per heavy atom. The Balaban J connectivity index is 1.70. The number of nitrogens with one attached hydrogen (secondary N) is 2. The maximum absolute atomic E-state index is 12.8. The first-order chi connectivity index (χ1) is 12.2. The molecule has 0 radical (unpaired) electrons. The topological polar surface area (TPSA) is 50.4 Å². The SMILES string of the molecule is O=C(NCCc1ccc(OC(F)F)cc1)NC1CCCC(C(F)(F)F)C1. The van der Waals surface area contributed by atoms with Crippen LogP contribution < -0.4 is 15.4 Å². The van der Waals surface area contributed by atoms with Gasteiger partial charge < -0.3 is 15.4 Å². The molecule has 1 aromatic carbocycles. The molecular weight excluding hydrogens is 359 g/mol. The van der Waals surface area contributed by atoms with Gasteiger partial charge in [-0.2, -0.15) is 22.0 Å². The molecule has 2 atom stereocenters. The van der Waals surface area contributed by atoms with Crippen molar-refractivity contribution < 1.29 is 31.5 Å². The number of hydrogen-bond donors (Lipinski definition) is 2. The van der Waals surface area contributed by atoms with Crippen molar-refractivity contribution >= 4 is 6.03 Å². The smallest absolute Gasteiger partial charge is 0.391 e. The van der Waals surface area contributed by atoms with Crippen molar-refractivity contribution in [3.8, 4) is 5.75 Å². The minimum Gasteiger partial charge on any atom is -0.435 e. The van der Waals surface area contributed by atoms with Crippen molar-refractivity contribution in [1.82, 2.24) is 10.6 Å². The molecule has 2 N–H and O–H groups in total. The number of halogens is 5. The average Bonchev–Trinajstić information content (AvgIpc) is 2.55. The molecule has 146 valence electrons. The summed E-state index contributed by atoms with van der Waals surface area (Å²) in [5.41, 5.74) is 0.807. The molecule has 4 nitrogen and oxygen atoms in total. The molecule has 0 aromatic heterocycles. The molecule has 0 saturated heterocycles. The van der Waals surface area contributed by atoms with E-state index in [1.165, 1.54) is 12.1 Å². The van der Waals surface area contributed by atoms with E-state index in [1.54, 1.807) is 12.1 Å². The third-order valence-corrected chi connectivity index (χ3v) is 4.32. The number of carbonyl (C=O) groups excluding carboxylic acids is 1. The Labute approximate surface area is 148 Å². The second-order valence-corrected chi connectivity index (χ2v) is 6.27. The van der Waals surface area contributed by atoms with E-state index < -0.39 is 30.8 Å². The zero-order valence-corrected chi connectivity index (χ0v) is 14.0. The summed E-state index contributed by atoms with van der Waals surface area (Å²) in [5, 5.41) is 5.18. The van der Waals surface area contributed by atoms with E-state index in [-0.39, 0.29) is 25.1 Å². The molecule has 0 heterocycles. The number of amides is 2. The van der Waals surface area contributed by atoms with Gasteiger partial charge in [-0.3, -0.25) is 0 Å². The molecule has 26 heavy (non-hydrogen) atoms. The third kappa shape index (κ3) is 6.68. The van der Waals surface area contributed by atoms with Crippen LogP contribution in [0, 0.1) is 5.92 Å². The predicted octanol–water partition coefficient (Wildman–Crippen LogP) is 4.25. The number of rotatable bonds is 6. The highest BCUT2D eigenvalue weighted by molar-refractivity contribution is 5.74. The summed E-state index contributed by atoms with van der Waals surface area (Å²) in [4.78, 5) is 11.8. The highest BCUT2D eigenvalue weighted by Crippen LogP contribution is 2.37. The lowest BCUT2D eigenvalue weighted by Crippen LogP contribution is -2.46. The number of ether oxygens (including phenoxy) is 1. The van der Waals surface area contributed by atoms with E-state index in [0.29, 0.717) is 19.3 Å². The standard InChI is InChI=1S/C17H21F5N2O2/c18-15(19)26-14-6-4-11(5-7-14)8-9-23-16(25)24-13-3-1-2-12(10-13)17(20,21)22/h4-7,12-13,15H,1-3,8-10H2,(H2,23,24,25). The lowest BCUT2D eigenvalue weighted by Gasteiger charge is -2.31. The van der Waals surface area contributed by atoms with Gasteiger partial charge in [0, 0.05) is 12.6 Å². The first-order valence-electron chi connectivity index (χ1n) is 8.39. The van der Waals surface area contributed by atoms with Crippen LogP contribution in [0.15, 0.2) is 24.3 Å².